The highest BCUT2D eigenvalue weighted by atomic mass is 35.5. The van der Waals surface area contributed by atoms with E-state index >= 15 is 0 Å². The van der Waals surface area contributed by atoms with Crippen LogP contribution in [0.4, 0.5) is 5.69 Å². The number of aryl methyl sites for hydroxylation is 2. The highest BCUT2D eigenvalue weighted by molar-refractivity contribution is 6.29. The minimum Gasteiger partial charge on any atom is -0.494 e. The number of benzene rings is 1. The molecule has 0 aliphatic heterocycles. The Hall–Kier alpha value is -1.75. The molecule has 0 aromatic heterocycles. The van der Waals surface area contributed by atoms with Gasteiger partial charge in [-0.1, -0.05) is 13.8 Å². The number of carbonyl (C=O) groups is 2. The van der Waals surface area contributed by atoms with Gasteiger partial charge in [-0.3, -0.25) is 9.59 Å². The lowest BCUT2D eigenvalue weighted by atomic mass is 10.0. The number of ether oxygens (including phenoxy) is 2. The molecule has 0 aliphatic rings. The molecule has 0 bridgehead atoms. The topological polar surface area (TPSA) is 64.6 Å². The van der Waals surface area contributed by atoms with Gasteiger partial charge in [0.05, 0.1) is 13.2 Å². The number of esters is 1. The van der Waals surface area contributed by atoms with E-state index in [-0.39, 0.29) is 17.8 Å². The molecule has 0 radical (unpaired) electrons. The van der Waals surface area contributed by atoms with Crippen LogP contribution in [0.15, 0.2) is 12.1 Å². The minimum absolute atomic E-state index is 0.0645. The second-order valence-electron chi connectivity index (χ2n) is 5.62. The molecule has 0 spiro atoms. The predicted octanol–water partition coefficient (Wildman–Crippen LogP) is 4.10. The van der Waals surface area contributed by atoms with E-state index in [4.69, 9.17) is 21.1 Å². The van der Waals surface area contributed by atoms with Crippen molar-refractivity contribution in [1.29, 1.82) is 0 Å². The molecule has 1 rings (SSSR count). The lowest BCUT2D eigenvalue weighted by molar-refractivity contribution is -0.143. The van der Waals surface area contributed by atoms with E-state index in [1.54, 1.807) is 6.92 Å². The van der Waals surface area contributed by atoms with Crippen LogP contribution < -0.4 is 10.1 Å². The summed E-state index contributed by atoms with van der Waals surface area (Å²) >= 11 is 5.59. The monoisotopic (exact) mass is 369 g/mol. The van der Waals surface area contributed by atoms with E-state index in [9.17, 15) is 9.59 Å². The molecule has 0 saturated heterocycles. The summed E-state index contributed by atoms with van der Waals surface area (Å²) in [7, 11) is 0. The Morgan fingerprint density at radius 1 is 1.08 bits per heavy atom. The van der Waals surface area contributed by atoms with Crippen molar-refractivity contribution in [3.63, 3.8) is 0 Å². The van der Waals surface area contributed by atoms with Crippen molar-refractivity contribution in [2.45, 2.75) is 52.9 Å². The van der Waals surface area contributed by atoms with Crippen LogP contribution in [0.1, 0.15) is 51.2 Å². The van der Waals surface area contributed by atoms with Gasteiger partial charge in [-0.15, -0.1) is 11.6 Å². The number of amides is 1. The summed E-state index contributed by atoms with van der Waals surface area (Å²) in [6.07, 6.45) is 3.51. The zero-order valence-electron chi connectivity index (χ0n) is 15.3. The number of hydrogen-bond acceptors (Lipinski definition) is 4. The summed E-state index contributed by atoms with van der Waals surface area (Å²) in [6.45, 7) is 6.83. The van der Waals surface area contributed by atoms with Crippen LogP contribution in [-0.2, 0) is 27.2 Å². The fourth-order valence-corrected chi connectivity index (χ4v) is 2.57. The van der Waals surface area contributed by atoms with Gasteiger partial charge in [0.15, 0.2) is 0 Å². The van der Waals surface area contributed by atoms with E-state index in [2.05, 4.69) is 5.32 Å². The van der Waals surface area contributed by atoms with Crippen molar-refractivity contribution in [2.24, 2.45) is 0 Å². The first-order valence-corrected chi connectivity index (χ1v) is 9.39. The van der Waals surface area contributed by atoms with E-state index in [0.717, 1.165) is 48.2 Å². The highest BCUT2D eigenvalue weighted by Crippen LogP contribution is 2.29. The molecule has 0 aliphatic carbocycles. The molecule has 1 aromatic rings. The molecule has 6 heteroatoms. The fourth-order valence-electron chi connectivity index (χ4n) is 2.50. The lowest BCUT2D eigenvalue weighted by Crippen LogP contribution is -2.16. The maximum absolute atomic E-state index is 11.6. The number of carbonyl (C=O) groups excluding carboxylic acids is 2. The number of nitrogens with one attached hydrogen (secondary N) is 1. The summed E-state index contributed by atoms with van der Waals surface area (Å²) < 4.78 is 10.7. The quantitative estimate of drug-likeness (QED) is 0.362. The third-order valence-corrected chi connectivity index (χ3v) is 4.01. The van der Waals surface area contributed by atoms with E-state index in [0.29, 0.717) is 19.6 Å². The van der Waals surface area contributed by atoms with Crippen molar-refractivity contribution < 1.29 is 19.1 Å². The van der Waals surface area contributed by atoms with Gasteiger partial charge >= 0.3 is 5.97 Å². The van der Waals surface area contributed by atoms with Crippen LogP contribution >= 0.6 is 11.6 Å². The molecule has 0 heterocycles. The average Bonchev–Trinajstić information content (AvgIpc) is 2.62. The Morgan fingerprint density at radius 3 is 2.24 bits per heavy atom. The van der Waals surface area contributed by atoms with Crippen molar-refractivity contribution in [2.75, 3.05) is 24.4 Å². The van der Waals surface area contributed by atoms with Crippen LogP contribution in [0.3, 0.4) is 0 Å². The second kappa shape index (κ2) is 11.7. The Kier molecular flexibility index (Phi) is 10.0. The minimum atomic E-state index is -0.210. The SMILES string of the molecule is CCOC(=O)CCCCOc1cc(CC)c(NC(=O)CCl)c(CC)c1. The number of hydrogen-bond donors (Lipinski definition) is 1. The Labute approximate surface area is 155 Å². The number of halogens is 1. The first kappa shape index (κ1) is 21.3. The summed E-state index contributed by atoms with van der Waals surface area (Å²) in [5, 5.41) is 2.88. The number of alkyl halides is 1. The molecule has 1 amide bonds. The van der Waals surface area contributed by atoms with Crippen molar-refractivity contribution in [3.05, 3.63) is 23.3 Å². The van der Waals surface area contributed by atoms with Crippen molar-refractivity contribution in [3.8, 4) is 5.75 Å². The molecular weight excluding hydrogens is 342 g/mol. The van der Waals surface area contributed by atoms with E-state index in [1.807, 2.05) is 26.0 Å². The van der Waals surface area contributed by atoms with Gasteiger partial charge in [0, 0.05) is 12.1 Å². The lowest BCUT2D eigenvalue weighted by Gasteiger charge is -2.17. The van der Waals surface area contributed by atoms with Crippen LogP contribution in [0, 0.1) is 0 Å². The third-order valence-electron chi connectivity index (χ3n) is 3.77. The molecule has 1 N–H and O–H groups in total. The average molecular weight is 370 g/mol. The van der Waals surface area contributed by atoms with Gasteiger partial charge in [-0.2, -0.15) is 0 Å². The smallest absolute Gasteiger partial charge is 0.305 e. The van der Waals surface area contributed by atoms with Crippen LogP contribution in [0.5, 0.6) is 5.75 Å². The molecular formula is C19H28ClNO4. The summed E-state index contributed by atoms with van der Waals surface area (Å²) in [4.78, 5) is 22.9. The standard InChI is InChI=1S/C19H28ClNO4/c1-4-14-11-16(25-10-8-7-9-18(23)24-6-3)12-15(5-2)19(14)21-17(22)13-20/h11-12H,4-10,13H2,1-3H3,(H,21,22). The Morgan fingerprint density at radius 2 is 1.72 bits per heavy atom. The van der Waals surface area contributed by atoms with Crippen LogP contribution in [-0.4, -0.2) is 31.0 Å². The van der Waals surface area contributed by atoms with E-state index in [1.165, 1.54) is 0 Å². The molecule has 0 atom stereocenters. The summed E-state index contributed by atoms with van der Waals surface area (Å²) in [6, 6.07) is 3.91. The normalized spacial score (nSPS) is 10.4. The van der Waals surface area contributed by atoms with Gasteiger partial charge < -0.3 is 14.8 Å². The number of unbranched alkanes of at least 4 members (excludes halogenated alkanes) is 1. The van der Waals surface area contributed by atoms with Crippen LogP contribution in [0.2, 0.25) is 0 Å². The van der Waals surface area contributed by atoms with Gasteiger partial charge in [0.2, 0.25) is 5.91 Å². The Balaban J connectivity index is 2.65. The largest absolute Gasteiger partial charge is 0.494 e. The van der Waals surface area contributed by atoms with Gasteiger partial charge in [-0.25, -0.2) is 0 Å². The molecule has 25 heavy (non-hydrogen) atoms. The first-order valence-electron chi connectivity index (χ1n) is 8.85. The predicted molar refractivity (Wildman–Crippen MR) is 101 cm³/mol. The first-order chi connectivity index (χ1) is 12.0. The maximum atomic E-state index is 11.6. The maximum Gasteiger partial charge on any atom is 0.305 e. The van der Waals surface area contributed by atoms with Gasteiger partial charge in [0.25, 0.3) is 0 Å². The second-order valence-corrected chi connectivity index (χ2v) is 5.88. The molecule has 140 valence electrons. The van der Waals surface area contributed by atoms with Gasteiger partial charge in [0.1, 0.15) is 11.6 Å². The third kappa shape index (κ3) is 7.34. The molecule has 0 fully saturated rings. The van der Waals surface area contributed by atoms with E-state index < -0.39 is 0 Å². The number of rotatable bonds is 11. The molecule has 0 saturated carbocycles. The van der Waals surface area contributed by atoms with Crippen LogP contribution in [0.25, 0.3) is 0 Å². The number of anilines is 1. The molecule has 0 unspecified atom stereocenters. The zero-order chi connectivity index (χ0) is 18.7. The van der Waals surface area contributed by atoms with Gasteiger partial charge in [-0.05, 0) is 55.9 Å². The summed E-state index contributed by atoms with van der Waals surface area (Å²) in [5.41, 5.74) is 2.89. The fraction of sp³-hybridized carbons (Fsp3) is 0.579. The van der Waals surface area contributed by atoms with Crippen molar-refractivity contribution in [1.82, 2.24) is 0 Å². The Bertz CT molecular complexity index is 550. The summed E-state index contributed by atoms with van der Waals surface area (Å²) in [5.74, 6) is 0.348. The highest BCUT2D eigenvalue weighted by Gasteiger charge is 2.12. The van der Waals surface area contributed by atoms with Crippen molar-refractivity contribution >= 4 is 29.2 Å². The zero-order valence-corrected chi connectivity index (χ0v) is 16.1. The molecule has 1 aromatic carbocycles. The molecule has 5 nitrogen and oxygen atoms in total.